The first-order valence-corrected chi connectivity index (χ1v) is 13.9. The highest BCUT2D eigenvalue weighted by molar-refractivity contribution is 5.87. The van der Waals surface area contributed by atoms with Crippen molar-refractivity contribution in [2.24, 2.45) is 17.8 Å². The number of benzene rings is 1. The van der Waals surface area contributed by atoms with Crippen molar-refractivity contribution in [3.63, 3.8) is 0 Å². The van der Waals surface area contributed by atoms with Gasteiger partial charge >= 0.3 is 5.97 Å². The van der Waals surface area contributed by atoms with Gasteiger partial charge in [0.25, 0.3) is 0 Å². The third-order valence-corrected chi connectivity index (χ3v) is 7.55. The zero-order valence-electron chi connectivity index (χ0n) is 23.0. The van der Waals surface area contributed by atoms with Gasteiger partial charge in [-0.3, -0.25) is 0 Å². The molecule has 1 aromatic rings. The molecular weight excluding hydrogens is 468 g/mol. The summed E-state index contributed by atoms with van der Waals surface area (Å²) < 4.78 is 16.1. The number of carbonyl (C=O) groups excluding carboxylic acids is 1. The fourth-order valence-corrected chi connectivity index (χ4v) is 5.02. The van der Waals surface area contributed by atoms with E-state index in [9.17, 15) is 15.0 Å². The van der Waals surface area contributed by atoms with Crippen molar-refractivity contribution in [1.29, 1.82) is 0 Å². The van der Waals surface area contributed by atoms with Crippen molar-refractivity contribution >= 4 is 5.97 Å². The van der Waals surface area contributed by atoms with Crippen LogP contribution >= 0.6 is 0 Å². The van der Waals surface area contributed by atoms with Gasteiger partial charge in [-0.05, 0) is 61.5 Å². The molecule has 1 aromatic carbocycles. The van der Waals surface area contributed by atoms with Gasteiger partial charge in [-0.1, -0.05) is 70.0 Å². The van der Waals surface area contributed by atoms with Gasteiger partial charge in [-0.25, -0.2) is 4.79 Å². The Hall–Kier alpha value is -1.99. The Bertz CT molecular complexity index is 809. The minimum atomic E-state index is -1.24. The first kappa shape index (κ1) is 31.2. The first-order chi connectivity index (χ1) is 17.9. The van der Waals surface area contributed by atoms with Crippen LogP contribution < -0.4 is 0 Å². The predicted octanol–water partition coefficient (Wildman–Crippen LogP) is 5.40. The fraction of sp³-hybridized carbons (Fsp3) is 0.645. The van der Waals surface area contributed by atoms with E-state index in [1.165, 1.54) is 50.3 Å². The maximum Gasteiger partial charge on any atom is 0.335 e. The zero-order chi connectivity index (χ0) is 27.0. The van der Waals surface area contributed by atoms with E-state index in [2.05, 4.69) is 44.3 Å². The number of ether oxygens (including phenoxy) is 3. The molecule has 2 atom stereocenters. The molecule has 0 spiro atoms. The quantitative estimate of drug-likeness (QED) is 0.0893. The molecule has 2 unspecified atom stereocenters. The van der Waals surface area contributed by atoms with Gasteiger partial charge in [0.2, 0.25) is 0 Å². The summed E-state index contributed by atoms with van der Waals surface area (Å²) in [6.07, 6.45) is 10.4. The Balaban J connectivity index is 1.84. The second-order valence-corrected chi connectivity index (χ2v) is 10.5. The molecule has 1 saturated carbocycles. The summed E-state index contributed by atoms with van der Waals surface area (Å²) in [5, 5.41) is 19.3. The van der Waals surface area contributed by atoms with Gasteiger partial charge in [-0.15, -0.1) is 0 Å². The number of hydrogen-bond donors (Lipinski definition) is 2. The predicted molar refractivity (Wildman–Crippen MR) is 147 cm³/mol. The van der Waals surface area contributed by atoms with Crippen LogP contribution in [0.2, 0.25) is 0 Å². The largest absolute Gasteiger partial charge is 0.462 e. The number of aryl methyl sites for hydroxylation is 2. The van der Waals surface area contributed by atoms with Crippen LogP contribution in [-0.4, -0.2) is 56.0 Å². The van der Waals surface area contributed by atoms with Crippen molar-refractivity contribution in [3.8, 4) is 0 Å². The summed E-state index contributed by atoms with van der Waals surface area (Å²) >= 11 is 0. The molecule has 0 aliphatic heterocycles. The lowest BCUT2D eigenvalue weighted by Crippen LogP contribution is -2.32. The maximum absolute atomic E-state index is 12.2. The minimum Gasteiger partial charge on any atom is -0.462 e. The molecule has 208 valence electrons. The Morgan fingerprint density at radius 2 is 1.68 bits per heavy atom. The molecule has 0 bridgehead atoms. The lowest BCUT2D eigenvalue weighted by Gasteiger charge is -2.34. The van der Waals surface area contributed by atoms with E-state index >= 15 is 0 Å². The van der Waals surface area contributed by atoms with Gasteiger partial charge in [-0.2, -0.15) is 0 Å². The number of aliphatic hydroxyl groups is 2. The molecule has 6 nitrogen and oxygen atoms in total. The third kappa shape index (κ3) is 11.5. The Kier molecular flexibility index (Phi) is 14.8. The van der Waals surface area contributed by atoms with Gasteiger partial charge < -0.3 is 24.4 Å². The van der Waals surface area contributed by atoms with Crippen LogP contribution in [0.5, 0.6) is 0 Å². The van der Waals surface area contributed by atoms with E-state index in [1.807, 2.05) is 0 Å². The molecule has 1 aliphatic carbocycles. The fourth-order valence-electron chi connectivity index (χ4n) is 5.02. The molecule has 2 N–H and O–H groups in total. The molecule has 0 heterocycles. The van der Waals surface area contributed by atoms with Crippen LogP contribution in [0.4, 0.5) is 0 Å². The number of carbonyl (C=O) groups is 1. The van der Waals surface area contributed by atoms with Crippen LogP contribution in [0.15, 0.2) is 48.6 Å². The van der Waals surface area contributed by atoms with Crippen molar-refractivity contribution in [2.75, 3.05) is 33.5 Å². The van der Waals surface area contributed by atoms with Crippen molar-refractivity contribution in [3.05, 3.63) is 59.7 Å². The Morgan fingerprint density at radius 1 is 1.03 bits per heavy atom. The highest BCUT2D eigenvalue weighted by Crippen LogP contribution is 2.36. The minimum absolute atomic E-state index is 0.0540. The van der Waals surface area contributed by atoms with E-state index in [0.29, 0.717) is 11.8 Å². The SMILES string of the molecule is C=C(COC)C(=O)OCC(COC(O)C(=C)CO)C1CCC(CCc2ccc(CCCCC)cc2)CC1. The number of unbranched alkanes of at least 4 members (excludes halogenated alkanes) is 2. The van der Waals surface area contributed by atoms with E-state index < -0.39 is 12.3 Å². The molecule has 1 fully saturated rings. The number of hydrogen-bond acceptors (Lipinski definition) is 6. The van der Waals surface area contributed by atoms with Gasteiger partial charge in [0.15, 0.2) is 6.29 Å². The zero-order valence-corrected chi connectivity index (χ0v) is 23.0. The van der Waals surface area contributed by atoms with E-state index in [0.717, 1.165) is 32.1 Å². The maximum atomic E-state index is 12.2. The third-order valence-electron chi connectivity index (χ3n) is 7.55. The lowest BCUT2D eigenvalue weighted by atomic mass is 9.74. The Morgan fingerprint density at radius 3 is 2.27 bits per heavy atom. The van der Waals surface area contributed by atoms with E-state index in [1.54, 1.807) is 0 Å². The second kappa shape index (κ2) is 17.5. The lowest BCUT2D eigenvalue weighted by molar-refractivity contribution is -0.145. The molecule has 6 heteroatoms. The normalized spacial score (nSPS) is 19.2. The van der Waals surface area contributed by atoms with Crippen LogP contribution in [-0.2, 0) is 31.8 Å². The summed E-state index contributed by atoms with van der Waals surface area (Å²) in [6.45, 7) is 9.77. The summed E-state index contributed by atoms with van der Waals surface area (Å²) in [7, 11) is 1.51. The molecule has 2 rings (SSSR count). The Labute approximate surface area is 223 Å². The monoisotopic (exact) mass is 516 g/mol. The van der Waals surface area contributed by atoms with Gasteiger partial charge in [0.05, 0.1) is 32.0 Å². The van der Waals surface area contributed by atoms with Gasteiger partial charge in [0.1, 0.15) is 0 Å². The molecular formula is C31H48O6. The highest BCUT2D eigenvalue weighted by atomic mass is 16.6. The number of esters is 1. The van der Waals surface area contributed by atoms with Crippen LogP contribution in [0.25, 0.3) is 0 Å². The highest BCUT2D eigenvalue weighted by Gasteiger charge is 2.30. The van der Waals surface area contributed by atoms with E-state index in [4.69, 9.17) is 14.2 Å². The standard InChI is InChI=1S/C31H48O6/c1-5-6-7-8-25-9-11-26(12-10-25)13-14-27-15-17-28(18-16-27)29(21-36-30(33)23(2)19-32)22-37-31(34)24(3)20-35-4/h9-12,27-30,32-33H,2-3,5-8,13-22H2,1,4H3. The summed E-state index contributed by atoms with van der Waals surface area (Å²) in [5.74, 6) is 0.487. The van der Waals surface area contributed by atoms with Crippen LogP contribution in [0.3, 0.4) is 0 Å². The van der Waals surface area contributed by atoms with Crippen molar-refractivity contribution < 1.29 is 29.2 Å². The molecule has 0 aromatic heterocycles. The van der Waals surface area contributed by atoms with Crippen LogP contribution in [0.1, 0.15) is 69.4 Å². The molecule has 37 heavy (non-hydrogen) atoms. The molecule has 1 aliphatic rings. The average Bonchev–Trinajstić information content (AvgIpc) is 2.92. The molecule has 0 saturated heterocycles. The summed E-state index contributed by atoms with van der Waals surface area (Å²) in [4.78, 5) is 12.2. The summed E-state index contributed by atoms with van der Waals surface area (Å²) in [5.41, 5.74) is 3.33. The van der Waals surface area contributed by atoms with Crippen LogP contribution in [0, 0.1) is 17.8 Å². The number of aliphatic hydroxyl groups excluding tert-OH is 2. The van der Waals surface area contributed by atoms with Gasteiger partial charge in [0, 0.05) is 18.6 Å². The topological polar surface area (TPSA) is 85.2 Å². The summed E-state index contributed by atoms with van der Waals surface area (Å²) in [6, 6.07) is 9.15. The second-order valence-electron chi connectivity index (χ2n) is 10.5. The number of methoxy groups -OCH3 is 1. The smallest absolute Gasteiger partial charge is 0.335 e. The average molecular weight is 517 g/mol. The first-order valence-electron chi connectivity index (χ1n) is 13.9. The van der Waals surface area contributed by atoms with E-state index in [-0.39, 0.29) is 43.5 Å². The molecule has 0 amide bonds. The molecule has 0 radical (unpaired) electrons. The van der Waals surface area contributed by atoms with Crippen molar-refractivity contribution in [1.82, 2.24) is 0 Å². The van der Waals surface area contributed by atoms with Crippen molar-refractivity contribution in [2.45, 2.75) is 77.4 Å². The number of rotatable bonds is 18.